The second-order valence-electron chi connectivity index (χ2n) is 5.47. The van der Waals surface area contributed by atoms with Crippen LogP contribution in [0.15, 0.2) is 41.8 Å². The molecule has 0 unspecified atom stereocenters. The normalized spacial score (nSPS) is 12.5. The summed E-state index contributed by atoms with van der Waals surface area (Å²) in [6.45, 7) is 2.22. The Kier molecular flexibility index (Phi) is 4.45. The van der Waals surface area contributed by atoms with E-state index in [4.69, 9.17) is 0 Å². The van der Waals surface area contributed by atoms with Gasteiger partial charge in [0, 0.05) is 13.1 Å². The second kappa shape index (κ2) is 6.52. The number of fused-ring (bicyclic) bond motifs is 1. The zero-order valence-electron chi connectivity index (χ0n) is 12.6. The average molecular weight is 332 g/mol. The predicted octanol–water partition coefficient (Wildman–Crippen LogP) is 3.00. The van der Waals surface area contributed by atoms with Crippen molar-refractivity contribution in [1.29, 1.82) is 0 Å². The molecular formula is C17H17FN2O2S. The van der Waals surface area contributed by atoms with E-state index in [1.807, 2.05) is 28.1 Å². The number of nitrogens with zero attached hydrogens (tertiary/aromatic N) is 1. The third-order valence-corrected chi connectivity index (χ3v) is 4.40. The van der Waals surface area contributed by atoms with E-state index >= 15 is 0 Å². The second-order valence-corrected chi connectivity index (χ2v) is 6.42. The minimum Gasteiger partial charge on any atom is -0.392 e. The van der Waals surface area contributed by atoms with Gasteiger partial charge in [-0.25, -0.2) is 4.39 Å². The van der Waals surface area contributed by atoms with Crippen molar-refractivity contribution >= 4 is 27.5 Å². The molecule has 0 bridgehead atoms. The number of carbonyl (C=O) groups is 1. The molecule has 1 atom stereocenters. The zero-order chi connectivity index (χ0) is 16.4. The lowest BCUT2D eigenvalue weighted by Gasteiger charge is -2.12. The summed E-state index contributed by atoms with van der Waals surface area (Å²) in [6.07, 6.45) is -0.605. The number of aliphatic hydroxyl groups is 1. The maximum absolute atomic E-state index is 13.4. The molecule has 0 saturated carbocycles. The molecule has 0 fully saturated rings. The van der Waals surface area contributed by atoms with E-state index in [-0.39, 0.29) is 18.3 Å². The van der Waals surface area contributed by atoms with E-state index in [9.17, 15) is 14.3 Å². The molecule has 120 valence electrons. The summed E-state index contributed by atoms with van der Waals surface area (Å²) in [5.74, 6) is -0.540. The number of amides is 1. The smallest absolute Gasteiger partial charge is 0.268 e. The summed E-state index contributed by atoms with van der Waals surface area (Å²) < 4.78 is 16.3. The number of thiophene rings is 1. The highest BCUT2D eigenvalue weighted by Crippen LogP contribution is 2.26. The minimum atomic E-state index is -0.605. The Morgan fingerprint density at radius 2 is 2.22 bits per heavy atom. The van der Waals surface area contributed by atoms with Crippen LogP contribution in [0.3, 0.4) is 0 Å². The van der Waals surface area contributed by atoms with E-state index in [0.29, 0.717) is 12.2 Å². The van der Waals surface area contributed by atoms with Gasteiger partial charge < -0.3 is 15.0 Å². The molecule has 2 aromatic heterocycles. The van der Waals surface area contributed by atoms with Gasteiger partial charge in [-0.15, -0.1) is 11.3 Å². The minimum absolute atomic E-state index is 0.192. The molecule has 0 aliphatic rings. The van der Waals surface area contributed by atoms with E-state index in [1.54, 1.807) is 24.3 Å². The lowest BCUT2D eigenvalue weighted by molar-refractivity contribution is 0.0915. The van der Waals surface area contributed by atoms with Gasteiger partial charge in [-0.3, -0.25) is 4.79 Å². The predicted molar refractivity (Wildman–Crippen MR) is 89.3 cm³/mol. The average Bonchev–Trinajstić information content (AvgIpc) is 3.07. The van der Waals surface area contributed by atoms with Crippen LogP contribution in [0.2, 0.25) is 0 Å². The Labute approximate surface area is 137 Å². The first kappa shape index (κ1) is 15.7. The van der Waals surface area contributed by atoms with E-state index in [1.165, 1.54) is 12.1 Å². The Hall–Kier alpha value is -2.18. The van der Waals surface area contributed by atoms with Gasteiger partial charge in [-0.05, 0) is 42.1 Å². The standard InChI is InChI=1S/C17H17FN2O2S/c1-11(21)9-19-17(22)15-8-16-14(5-6-23-16)20(15)10-12-3-2-4-13(18)7-12/h2-8,11,21H,9-10H2,1H3,(H,19,22)/t11-/m0/s1. The third-order valence-electron chi connectivity index (χ3n) is 3.54. The summed E-state index contributed by atoms with van der Waals surface area (Å²) in [4.78, 5) is 12.4. The highest BCUT2D eigenvalue weighted by atomic mass is 32.1. The molecule has 4 nitrogen and oxygen atoms in total. The van der Waals surface area contributed by atoms with Crippen molar-refractivity contribution in [2.75, 3.05) is 6.54 Å². The molecule has 23 heavy (non-hydrogen) atoms. The molecule has 6 heteroatoms. The molecule has 2 heterocycles. The Morgan fingerprint density at radius 1 is 1.39 bits per heavy atom. The van der Waals surface area contributed by atoms with Gasteiger partial charge in [0.15, 0.2) is 0 Å². The van der Waals surface area contributed by atoms with Crippen molar-refractivity contribution < 1.29 is 14.3 Å². The van der Waals surface area contributed by atoms with E-state index in [2.05, 4.69) is 5.32 Å². The van der Waals surface area contributed by atoms with Gasteiger partial charge in [0.25, 0.3) is 5.91 Å². The molecule has 0 saturated heterocycles. The van der Waals surface area contributed by atoms with Crippen LogP contribution in [-0.2, 0) is 6.54 Å². The lowest BCUT2D eigenvalue weighted by Crippen LogP contribution is -2.32. The van der Waals surface area contributed by atoms with Crippen molar-refractivity contribution in [2.45, 2.75) is 19.6 Å². The topological polar surface area (TPSA) is 54.3 Å². The van der Waals surface area contributed by atoms with Crippen LogP contribution in [0.25, 0.3) is 10.2 Å². The van der Waals surface area contributed by atoms with Crippen LogP contribution in [0.5, 0.6) is 0 Å². The summed E-state index contributed by atoms with van der Waals surface area (Å²) in [7, 11) is 0. The SMILES string of the molecule is C[C@H](O)CNC(=O)c1cc2sccc2n1Cc1cccc(F)c1. The fourth-order valence-electron chi connectivity index (χ4n) is 2.48. The lowest BCUT2D eigenvalue weighted by atomic mass is 10.2. The molecular weight excluding hydrogens is 315 g/mol. The maximum Gasteiger partial charge on any atom is 0.268 e. The number of aliphatic hydroxyl groups excluding tert-OH is 1. The number of carbonyl (C=O) groups excluding carboxylic acids is 1. The fourth-order valence-corrected chi connectivity index (χ4v) is 3.31. The molecule has 1 aromatic carbocycles. The molecule has 3 aromatic rings. The van der Waals surface area contributed by atoms with E-state index in [0.717, 1.165) is 15.8 Å². The molecule has 2 N–H and O–H groups in total. The first-order chi connectivity index (χ1) is 11.0. The van der Waals surface area contributed by atoms with Crippen LogP contribution in [0, 0.1) is 5.82 Å². The summed E-state index contributed by atoms with van der Waals surface area (Å²) >= 11 is 1.55. The molecule has 3 rings (SSSR count). The van der Waals surface area contributed by atoms with Crippen molar-refractivity contribution in [2.24, 2.45) is 0 Å². The van der Waals surface area contributed by atoms with Crippen molar-refractivity contribution in [1.82, 2.24) is 9.88 Å². The largest absolute Gasteiger partial charge is 0.392 e. The first-order valence-corrected chi connectivity index (χ1v) is 8.20. The highest BCUT2D eigenvalue weighted by Gasteiger charge is 2.17. The number of aromatic nitrogens is 1. The van der Waals surface area contributed by atoms with Crippen LogP contribution in [0.1, 0.15) is 23.0 Å². The van der Waals surface area contributed by atoms with Gasteiger partial charge in [-0.1, -0.05) is 12.1 Å². The molecule has 0 aliphatic carbocycles. The molecule has 0 aliphatic heterocycles. The number of hydrogen-bond acceptors (Lipinski definition) is 3. The Morgan fingerprint density at radius 3 is 2.96 bits per heavy atom. The van der Waals surface area contributed by atoms with Gasteiger partial charge in [0.05, 0.1) is 16.3 Å². The van der Waals surface area contributed by atoms with Crippen molar-refractivity contribution in [3.05, 3.63) is 58.9 Å². The summed E-state index contributed by atoms with van der Waals surface area (Å²) in [5.41, 5.74) is 2.25. The quantitative estimate of drug-likeness (QED) is 0.755. The fraction of sp³-hybridized carbons (Fsp3) is 0.235. The van der Waals surface area contributed by atoms with Gasteiger partial charge >= 0.3 is 0 Å². The Bertz CT molecular complexity index is 838. The maximum atomic E-state index is 13.4. The van der Waals surface area contributed by atoms with Crippen molar-refractivity contribution in [3.63, 3.8) is 0 Å². The highest BCUT2D eigenvalue weighted by molar-refractivity contribution is 7.17. The first-order valence-electron chi connectivity index (χ1n) is 7.32. The van der Waals surface area contributed by atoms with Gasteiger partial charge in [0.1, 0.15) is 11.5 Å². The van der Waals surface area contributed by atoms with E-state index < -0.39 is 6.10 Å². The number of halogens is 1. The Balaban J connectivity index is 1.95. The van der Waals surface area contributed by atoms with Crippen molar-refractivity contribution in [3.8, 4) is 0 Å². The summed E-state index contributed by atoms with van der Waals surface area (Å²) in [5, 5.41) is 14.0. The monoisotopic (exact) mass is 332 g/mol. The number of rotatable bonds is 5. The van der Waals surface area contributed by atoms with Gasteiger partial charge in [0.2, 0.25) is 0 Å². The van der Waals surface area contributed by atoms with Gasteiger partial charge in [-0.2, -0.15) is 0 Å². The van der Waals surface area contributed by atoms with Crippen LogP contribution in [0.4, 0.5) is 4.39 Å². The molecule has 0 radical (unpaired) electrons. The number of benzene rings is 1. The zero-order valence-corrected chi connectivity index (χ0v) is 13.4. The number of hydrogen-bond donors (Lipinski definition) is 2. The number of nitrogens with one attached hydrogen (secondary N) is 1. The molecule has 1 amide bonds. The molecule has 0 spiro atoms. The van der Waals surface area contributed by atoms with Crippen LogP contribution >= 0.6 is 11.3 Å². The summed E-state index contributed by atoms with van der Waals surface area (Å²) in [6, 6.07) is 10.1. The third kappa shape index (κ3) is 3.43. The van der Waals surface area contributed by atoms with Crippen LogP contribution in [-0.4, -0.2) is 28.2 Å². The van der Waals surface area contributed by atoms with Crippen LogP contribution < -0.4 is 5.32 Å².